The number of anilines is 1. The molecule has 90 valence electrons. The number of hydrogen-bond donors (Lipinski definition) is 0. The van der Waals surface area contributed by atoms with Crippen molar-refractivity contribution in [2.45, 2.75) is 27.7 Å². The van der Waals surface area contributed by atoms with Crippen LogP contribution in [-0.2, 0) is 0 Å². The van der Waals surface area contributed by atoms with E-state index in [-0.39, 0.29) is 12.4 Å². The molecule has 0 radical (unpaired) electrons. The molecule has 1 rings (SSSR count). The molecule has 0 aliphatic carbocycles. The third-order valence-electron chi connectivity index (χ3n) is 2.72. The van der Waals surface area contributed by atoms with Crippen LogP contribution in [0.1, 0.15) is 25.0 Å². The molecular formula is C12H19ClN2O. The molecule has 0 amide bonds. The van der Waals surface area contributed by atoms with Gasteiger partial charge in [-0.15, -0.1) is 17.3 Å². The number of halogens is 1. The monoisotopic (exact) mass is 242 g/mol. The molecule has 0 aliphatic heterocycles. The van der Waals surface area contributed by atoms with Crippen molar-refractivity contribution in [2.24, 2.45) is 5.18 Å². The lowest BCUT2D eigenvalue weighted by Crippen LogP contribution is -2.22. The highest BCUT2D eigenvalue weighted by molar-refractivity contribution is 5.85. The van der Waals surface area contributed by atoms with E-state index in [0.717, 1.165) is 24.2 Å². The topological polar surface area (TPSA) is 32.7 Å². The predicted molar refractivity (Wildman–Crippen MR) is 72.2 cm³/mol. The van der Waals surface area contributed by atoms with Crippen LogP contribution in [0, 0.1) is 18.8 Å². The highest BCUT2D eigenvalue weighted by atomic mass is 35.5. The summed E-state index contributed by atoms with van der Waals surface area (Å²) in [4.78, 5) is 12.8. The second kappa shape index (κ2) is 6.48. The smallest absolute Gasteiger partial charge is 0.111 e. The Morgan fingerprint density at radius 3 is 2.12 bits per heavy atom. The van der Waals surface area contributed by atoms with Gasteiger partial charge >= 0.3 is 0 Å². The zero-order chi connectivity index (χ0) is 11.4. The number of hydrogen-bond acceptors (Lipinski definition) is 3. The van der Waals surface area contributed by atoms with Gasteiger partial charge in [0.05, 0.1) is 0 Å². The number of rotatable bonds is 4. The van der Waals surface area contributed by atoms with E-state index in [1.165, 1.54) is 5.69 Å². The van der Waals surface area contributed by atoms with E-state index < -0.39 is 0 Å². The summed E-state index contributed by atoms with van der Waals surface area (Å²) in [5.41, 5.74) is 3.80. The van der Waals surface area contributed by atoms with Crippen molar-refractivity contribution >= 4 is 23.8 Å². The van der Waals surface area contributed by atoms with Crippen LogP contribution < -0.4 is 4.90 Å². The Bertz CT molecular complexity index is 362. The lowest BCUT2D eigenvalue weighted by atomic mass is 10.1. The van der Waals surface area contributed by atoms with Crippen LogP contribution in [0.2, 0.25) is 0 Å². The molecule has 0 fully saturated rings. The fourth-order valence-corrected chi connectivity index (χ4v) is 1.79. The first kappa shape index (κ1) is 14.9. The molecule has 1 aromatic carbocycles. The molecule has 1 aromatic rings. The van der Waals surface area contributed by atoms with Gasteiger partial charge in [-0.1, -0.05) is 0 Å². The third-order valence-corrected chi connectivity index (χ3v) is 2.72. The standard InChI is InChI=1S/C12H18N2O.ClH/c1-5-14(6-2)12-8-9(3)11(13-15)7-10(12)4;/h7-8H,5-6H2,1-4H3;1H. The van der Waals surface area contributed by atoms with Crippen LogP contribution in [0.15, 0.2) is 17.3 Å². The van der Waals surface area contributed by atoms with Gasteiger partial charge in [0.25, 0.3) is 0 Å². The minimum Gasteiger partial charge on any atom is -0.372 e. The second-order valence-electron chi connectivity index (χ2n) is 3.69. The number of nitroso groups, excluding NO2 is 1. The Kier molecular flexibility index (Phi) is 6.04. The maximum Gasteiger partial charge on any atom is 0.111 e. The largest absolute Gasteiger partial charge is 0.372 e. The van der Waals surface area contributed by atoms with Crippen LogP contribution in [0.4, 0.5) is 11.4 Å². The first-order chi connectivity index (χ1) is 7.13. The molecule has 0 unspecified atom stereocenters. The molecule has 3 nitrogen and oxygen atoms in total. The number of nitrogens with zero attached hydrogens (tertiary/aromatic N) is 2. The summed E-state index contributed by atoms with van der Waals surface area (Å²) < 4.78 is 0. The molecule has 0 N–H and O–H groups in total. The minimum atomic E-state index is 0. The Morgan fingerprint density at radius 2 is 1.69 bits per heavy atom. The molecular weight excluding hydrogens is 224 g/mol. The SMILES string of the molecule is CCN(CC)c1cc(C)c(N=O)cc1C.Cl. The summed E-state index contributed by atoms with van der Waals surface area (Å²) in [7, 11) is 0. The molecule has 0 aromatic heterocycles. The molecule has 0 saturated heterocycles. The van der Waals surface area contributed by atoms with Crippen LogP contribution in [0.3, 0.4) is 0 Å². The quantitative estimate of drug-likeness (QED) is 0.749. The Hall–Kier alpha value is -1.09. The van der Waals surface area contributed by atoms with Crippen molar-refractivity contribution in [3.05, 3.63) is 28.2 Å². The highest BCUT2D eigenvalue weighted by Gasteiger charge is 2.09. The molecule has 0 saturated carbocycles. The summed E-state index contributed by atoms with van der Waals surface area (Å²) in [5.74, 6) is 0. The van der Waals surface area contributed by atoms with E-state index >= 15 is 0 Å². The van der Waals surface area contributed by atoms with Gasteiger partial charge in [-0.05, 0) is 56.1 Å². The van der Waals surface area contributed by atoms with Crippen molar-refractivity contribution in [1.29, 1.82) is 0 Å². The Labute approximate surface area is 103 Å². The Balaban J connectivity index is 0.00000225. The van der Waals surface area contributed by atoms with Gasteiger partial charge in [0.2, 0.25) is 0 Å². The average molecular weight is 243 g/mol. The first-order valence-corrected chi connectivity index (χ1v) is 5.33. The summed E-state index contributed by atoms with van der Waals surface area (Å²) in [5, 5.41) is 3.01. The van der Waals surface area contributed by atoms with Crippen LogP contribution in [-0.4, -0.2) is 13.1 Å². The van der Waals surface area contributed by atoms with Crippen molar-refractivity contribution < 1.29 is 0 Å². The lowest BCUT2D eigenvalue weighted by molar-refractivity contribution is 0.861. The van der Waals surface area contributed by atoms with E-state index in [9.17, 15) is 4.91 Å². The molecule has 0 atom stereocenters. The molecule has 16 heavy (non-hydrogen) atoms. The zero-order valence-corrected chi connectivity index (χ0v) is 11.1. The fourth-order valence-electron chi connectivity index (χ4n) is 1.79. The normalized spacial score (nSPS) is 9.50. The maximum absolute atomic E-state index is 10.5. The van der Waals surface area contributed by atoms with Gasteiger partial charge < -0.3 is 4.90 Å². The second-order valence-corrected chi connectivity index (χ2v) is 3.69. The van der Waals surface area contributed by atoms with Gasteiger partial charge in [0.15, 0.2) is 0 Å². The van der Waals surface area contributed by atoms with E-state index in [4.69, 9.17) is 0 Å². The van der Waals surface area contributed by atoms with Gasteiger partial charge in [0.1, 0.15) is 5.69 Å². The number of aryl methyl sites for hydroxylation is 2. The average Bonchev–Trinajstić information content (AvgIpc) is 2.24. The van der Waals surface area contributed by atoms with Gasteiger partial charge in [0, 0.05) is 18.8 Å². The summed E-state index contributed by atoms with van der Waals surface area (Å²) >= 11 is 0. The Morgan fingerprint density at radius 1 is 1.12 bits per heavy atom. The molecule has 4 heteroatoms. The highest BCUT2D eigenvalue weighted by Crippen LogP contribution is 2.28. The third kappa shape index (κ3) is 2.95. The lowest BCUT2D eigenvalue weighted by Gasteiger charge is -2.23. The maximum atomic E-state index is 10.5. The van der Waals surface area contributed by atoms with Crippen molar-refractivity contribution in [1.82, 2.24) is 0 Å². The zero-order valence-electron chi connectivity index (χ0n) is 10.3. The minimum absolute atomic E-state index is 0. The molecule has 0 spiro atoms. The molecule has 0 heterocycles. The summed E-state index contributed by atoms with van der Waals surface area (Å²) in [6.45, 7) is 10.1. The van der Waals surface area contributed by atoms with E-state index in [0.29, 0.717) is 5.69 Å². The predicted octanol–water partition coefficient (Wildman–Crippen LogP) is 3.97. The first-order valence-electron chi connectivity index (χ1n) is 5.33. The summed E-state index contributed by atoms with van der Waals surface area (Å²) in [6.07, 6.45) is 0. The molecule has 0 aliphatic rings. The van der Waals surface area contributed by atoms with Crippen molar-refractivity contribution in [3.63, 3.8) is 0 Å². The van der Waals surface area contributed by atoms with Gasteiger partial charge in [-0.25, -0.2) is 0 Å². The van der Waals surface area contributed by atoms with Crippen LogP contribution >= 0.6 is 12.4 Å². The van der Waals surface area contributed by atoms with Crippen LogP contribution in [0.5, 0.6) is 0 Å². The summed E-state index contributed by atoms with van der Waals surface area (Å²) in [6, 6.07) is 3.90. The van der Waals surface area contributed by atoms with Gasteiger partial charge in [-0.3, -0.25) is 0 Å². The van der Waals surface area contributed by atoms with E-state index in [1.807, 2.05) is 26.0 Å². The molecule has 0 bridgehead atoms. The fraction of sp³-hybridized carbons (Fsp3) is 0.500. The number of benzene rings is 1. The van der Waals surface area contributed by atoms with Gasteiger partial charge in [-0.2, -0.15) is 0 Å². The van der Waals surface area contributed by atoms with Crippen molar-refractivity contribution in [2.75, 3.05) is 18.0 Å². The van der Waals surface area contributed by atoms with E-state index in [2.05, 4.69) is 23.9 Å². The van der Waals surface area contributed by atoms with Crippen molar-refractivity contribution in [3.8, 4) is 0 Å². The van der Waals surface area contributed by atoms with E-state index in [1.54, 1.807) is 0 Å². The van der Waals surface area contributed by atoms with Crippen LogP contribution in [0.25, 0.3) is 0 Å².